The molecule has 2 aromatic rings. The van der Waals surface area contributed by atoms with Crippen molar-refractivity contribution >= 4 is 37.9 Å². The van der Waals surface area contributed by atoms with Crippen LogP contribution in [0.5, 0.6) is 0 Å². The predicted molar refractivity (Wildman–Crippen MR) is 78.0 cm³/mol. The Labute approximate surface area is 124 Å². The van der Waals surface area contributed by atoms with Gasteiger partial charge in [-0.05, 0) is 19.1 Å². The quantitative estimate of drug-likeness (QED) is 0.609. The molecular weight excluding hydrogens is 318 g/mol. The number of nitro groups is 1. The zero-order chi connectivity index (χ0) is 15.5. The molecule has 0 fully saturated rings. The van der Waals surface area contributed by atoms with Crippen LogP contribution in [0.1, 0.15) is 6.92 Å². The Bertz CT molecular complexity index is 745. The second-order valence-electron chi connectivity index (χ2n) is 3.86. The fourth-order valence-corrected chi connectivity index (χ4v) is 3.48. The molecular formula is C10H11N5O4S2. The Hall–Kier alpha value is -2.27. The van der Waals surface area contributed by atoms with E-state index in [0.717, 1.165) is 17.6 Å². The SMILES string of the molecule is CCNc1ccc([N+](=O)[O-])c(S(=O)(=O)Nc2cnns2)c1. The predicted octanol–water partition coefficient (Wildman–Crippen LogP) is 1.68. The average Bonchev–Trinajstić information content (AvgIpc) is 2.91. The second-order valence-corrected chi connectivity index (χ2v) is 6.29. The number of hydrogen-bond donors (Lipinski definition) is 2. The van der Waals surface area contributed by atoms with E-state index in [1.807, 2.05) is 6.92 Å². The van der Waals surface area contributed by atoms with Gasteiger partial charge in [-0.15, -0.1) is 5.10 Å². The van der Waals surface area contributed by atoms with Gasteiger partial charge in [0.05, 0.1) is 11.1 Å². The number of benzene rings is 1. The van der Waals surface area contributed by atoms with Crippen LogP contribution in [0.3, 0.4) is 0 Å². The van der Waals surface area contributed by atoms with E-state index in [1.165, 1.54) is 18.3 Å². The van der Waals surface area contributed by atoms with Crippen molar-refractivity contribution in [3.63, 3.8) is 0 Å². The van der Waals surface area contributed by atoms with Gasteiger partial charge in [0.2, 0.25) is 0 Å². The molecule has 0 atom stereocenters. The molecule has 1 heterocycles. The molecule has 2 rings (SSSR count). The minimum Gasteiger partial charge on any atom is -0.385 e. The molecule has 0 saturated carbocycles. The van der Waals surface area contributed by atoms with Crippen molar-refractivity contribution in [1.82, 2.24) is 9.59 Å². The van der Waals surface area contributed by atoms with Gasteiger partial charge in [0, 0.05) is 29.8 Å². The third-order valence-corrected chi connectivity index (χ3v) is 4.53. The summed E-state index contributed by atoms with van der Waals surface area (Å²) in [6, 6.07) is 3.82. The zero-order valence-electron chi connectivity index (χ0n) is 10.8. The zero-order valence-corrected chi connectivity index (χ0v) is 12.4. The number of nitrogens with zero attached hydrogens (tertiary/aromatic N) is 3. The largest absolute Gasteiger partial charge is 0.385 e. The minimum atomic E-state index is -4.10. The van der Waals surface area contributed by atoms with Crippen LogP contribution in [-0.4, -0.2) is 29.5 Å². The molecule has 11 heteroatoms. The van der Waals surface area contributed by atoms with Gasteiger partial charge in [0.15, 0.2) is 4.90 Å². The molecule has 2 N–H and O–H groups in total. The lowest BCUT2D eigenvalue weighted by atomic mass is 10.3. The molecule has 0 radical (unpaired) electrons. The second kappa shape index (κ2) is 6.01. The lowest BCUT2D eigenvalue weighted by Crippen LogP contribution is -2.14. The van der Waals surface area contributed by atoms with Crippen LogP contribution in [0.4, 0.5) is 16.4 Å². The van der Waals surface area contributed by atoms with E-state index < -0.39 is 25.5 Å². The van der Waals surface area contributed by atoms with Crippen LogP contribution in [0.2, 0.25) is 0 Å². The summed E-state index contributed by atoms with van der Waals surface area (Å²) >= 11 is 0.836. The molecule has 0 unspecified atom stereocenters. The Morgan fingerprint density at radius 3 is 2.76 bits per heavy atom. The maximum Gasteiger partial charge on any atom is 0.290 e. The van der Waals surface area contributed by atoms with Gasteiger partial charge in [0.25, 0.3) is 15.7 Å². The number of nitrogens with one attached hydrogen (secondary N) is 2. The average molecular weight is 329 g/mol. The third kappa shape index (κ3) is 3.44. The van der Waals surface area contributed by atoms with E-state index in [9.17, 15) is 18.5 Å². The molecule has 0 aliphatic rings. The Balaban J connectivity index is 2.48. The Morgan fingerprint density at radius 1 is 1.43 bits per heavy atom. The van der Waals surface area contributed by atoms with Crippen molar-refractivity contribution < 1.29 is 13.3 Å². The van der Waals surface area contributed by atoms with E-state index in [-0.39, 0.29) is 5.00 Å². The first kappa shape index (κ1) is 15.1. The van der Waals surface area contributed by atoms with Crippen LogP contribution in [0.25, 0.3) is 0 Å². The van der Waals surface area contributed by atoms with Crippen molar-refractivity contribution in [2.24, 2.45) is 0 Å². The first-order valence-electron chi connectivity index (χ1n) is 5.76. The van der Waals surface area contributed by atoms with Gasteiger partial charge in [0.1, 0.15) is 5.00 Å². The van der Waals surface area contributed by atoms with Crippen molar-refractivity contribution in [3.05, 3.63) is 34.5 Å². The van der Waals surface area contributed by atoms with Gasteiger partial charge < -0.3 is 5.32 Å². The van der Waals surface area contributed by atoms with Crippen LogP contribution >= 0.6 is 11.5 Å². The first-order valence-corrected chi connectivity index (χ1v) is 8.02. The number of rotatable bonds is 6. The molecule has 0 aliphatic carbocycles. The molecule has 0 spiro atoms. The summed E-state index contributed by atoms with van der Waals surface area (Å²) in [7, 11) is -4.10. The highest BCUT2D eigenvalue weighted by Crippen LogP contribution is 2.29. The van der Waals surface area contributed by atoms with Crippen molar-refractivity contribution in [1.29, 1.82) is 0 Å². The van der Waals surface area contributed by atoms with Crippen molar-refractivity contribution in [3.8, 4) is 0 Å². The minimum absolute atomic E-state index is 0.179. The lowest BCUT2D eigenvalue weighted by molar-refractivity contribution is -0.387. The van der Waals surface area contributed by atoms with Crippen LogP contribution in [0.15, 0.2) is 29.3 Å². The summed E-state index contributed by atoms with van der Waals surface area (Å²) in [5, 5.41) is 17.6. The van der Waals surface area contributed by atoms with Gasteiger partial charge in [-0.2, -0.15) is 0 Å². The normalized spacial score (nSPS) is 11.1. The van der Waals surface area contributed by atoms with Crippen molar-refractivity contribution in [2.45, 2.75) is 11.8 Å². The molecule has 0 amide bonds. The van der Waals surface area contributed by atoms with Gasteiger partial charge >= 0.3 is 0 Å². The molecule has 112 valence electrons. The van der Waals surface area contributed by atoms with E-state index in [2.05, 4.69) is 19.6 Å². The highest BCUT2D eigenvalue weighted by molar-refractivity contribution is 7.93. The molecule has 1 aromatic heterocycles. The molecule has 1 aromatic carbocycles. The highest BCUT2D eigenvalue weighted by Gasteiger charge is 2.26. The summed E-state index contributed by atoms with van der Waals surface area (Å²) in [4.78, 5) is 9.85. The summed E-state index contributed by atoms with van der Waals surface area (Å²) < 4.78 is 30.3. The summed E-state index contributed by atoms with van der Waals surface area (Å²) in [6.45, 7) is 2.39. The maximum absolute atomic E-state index is 12.3. The molecule has 0 bridgehead atoms. The van der Waals surface area contributed by atoms with Crippen LogP contribution in [-0.2, 0) is 10.0 Å². The summed E-state index contributed by atoms with van der Waals surface area (Å²) in [5.74, 6) is 0. The van der Waals surface area contributed by atoms with Gasteiger partial charge in [-0.3, -0.25) is 14.8 Å². The fourth-order valence-electron chi connectivity index (χ4n) is 1.59. The maximum atomic E-state index is 12.3. The van der Waals surface area contributed by atoms with Crippen molar-refractivity contribution in [2.75, 3.05) is 16.6 Å². The third-order valence-electron chi connectivity index (χ3n) is 2.42. The Kier molecular flexibility index (Phi) is 4.33. The number of sulfonamides is 1. The van der Waals surface area contributed by atoms with Crippen LogP contribution in [0, 0.1) is 10.1 Å². The summed E-state index contributed by atoms with van der Waals surface area (Å²) in [5.41, 5.74) is -0.0208. The van der Waals surface area contributed by atoms with E-state index in [4.69, 9.17) is 0 Å². The topological polar surface area (TPSA) is 127 Å². The molecule has 0 saturated heterocycles. The molecule has 21 heavy (non-hydrogen) atoms. The van der Waals surface area contributed by atoms with Gasteiger partial charge in [-0.25, -0.2) is 8.42 Å². The standard InChI is InChI=1S/C10H11N5O4S2/c1-2-11-7-3-4-8(15(16)17)9(5-7)21(18,19)13-10-6-12-14-20-10/h3-6,11,13H,2H2,1H3. The molecule has 9 nitrogen and oxygen atoms in total. The first-order chi connectivity index (χ1) is 9.94. The van der Waals surface area contributed by atoms with Gasteiger partial charge in [-0.1, -0.05) is 4.49 Å². The lowest BCUT2D eigenvalue weighted by Gasteiger charge is -2.09. The van der Waals surface area contributed by atoms with Crippen LogP contribution < -0.4 is 10.0 Å². The Morgan fingerprint density at radius 2 is 2.19 bits per heavy atom. The van der Waals surface area contributed by atoms with E-state index in [1.54, 1.807) is 0 Å². The smallest absolute Gasteiger partial charge is 0.290 e. The number of hydrogen-bond acceptors (Lipinski definition) is 8. The number of anilines is 2. The monoisotopic (exact) mass is 329 g/mol. The molecule has 0 aliphatic heterocycles. The highest BCUT2D eigenvalue weighted by atomic mass is 32.2. The number of aromatic nitrogens is 2. The summed E-state index contributed by atoms with van der Waals surface area (Å²) in [6.07, 6.45) is 1.22. The fraction of sp³-hybridized carbons (Fsp3) is 0.200. The van der Waals surface area contributed by atoms with E-state index >= 15 is 0 Å². The van der Waals surface area contributed by atoms with E-state index in [0.29, 0.717) is 12.2 Å². The number of nitro benzene ring substituents is 1.